The van der Waals surface area contributed by atoms with Gasteiger partial charge in [0.25, 0.3) is 0 Å². The Kier molecular flexibility index (Phi) is 5.96. The molecule has 1 aliphatic rings. The maximum absolute atomic E-state index is 12.4. The van der Waals surface area contributed by atoms with Crippen LogP contribution in [0.15, 0.2) is 36.4 Å². The van der Waals surface area contributed by atoms with Gasteiger partial charge in [-0.3, -0.25) is 9.59 Å². The van der Waals surface area contributed by atoms with Crippen LogP contribution < -0.4 is 10.1 Å². The fourth-order valence-electron chi connectivity index (χ4n) is 3.13. The van der Waals surface area contributed by atoms with Crippen LogP contribution in [0.3, 0.4) is 0 Å². The lowest BCUT2D eigenvalue weighted by Gasteiger charge is -2.33. The zero-order valence-corrected chi connectivity index (χ0v) is 16.0. The monoisotopic (exact) mass is 370 g/mol. The minimum absolute atomic E-state index is 0.0290. The largest absolute Gasteiger partial charge is 0.497 e. The fourth-order valence-corrected chi connectivity index (χ4v) is 3.13. The SMILES string of the molecule is COc1ccc2cc([C@H]3CN(C(=O)CNC(=O)C(C)C)CCO3)ccc2c1. The normalized spacial score (nSPS) is 17.2. The van der Waals surface area contributed by atoms with E-state index < -0.39 is 0 Å². The summed E-state index contributed by atoms with van der Waals surface area (Å²) in [6, 6.07) is 12.1. The molecule has 3 rings (SSSR count). The molecule has 0 aromatic heterocycles. The van der Waals surface area contributed by atoms with Gasteiger partial charge in [0.15, 0.2) is 0 Å². The number of methoxy groups -OCH3 is 1. The molecule has 2 aromatic rings. The maximum Gasteiger partial charge on any atom is 0.242 e. The van der Waals surface area contributed by atoms with Gasteiger partial charge in [-0.15, -0.1) is 0 Å². The van der Waals surface area contributed by atoms with Gasteiger partial charge < -0.3 is 19.7 Å². The summed E-state index contributed by atoms with van der Waals surface area (Å²) >= 11 is 0. The number of carbonyl (C=O) groups is 2. The highest BCUT2D eigenvalue weighted by Gasteiger charge is 2.25. The molecule has 6 heteroatoms. The number of rotatable bonds is 5. The Morgan fingerprint density at radius 2 is 1.96 bits per heavy atom. The molecule has 2 amide bonds. The summed E-state index contributed by atoms with van der Waals surface area (Å²) in [7, 11) is 1.65. The molecule has 6 nitrogen and oxygen atoms in total. The maximum atomic E-state index is 12.4. The van der Waals surface area contributed by atoms with Gasteiger partial charge in [-0.2, -0.15) is 0 Å². The second-order valence-corrected chi connectivity index (χ2v) is 7.04. The van der Waals surface area contributed by atoms with E-state index in [9.17, 15) is 9.59 Å². The third-order valence-corrected chi connectivity index (χ3v) is 4.80. The molecular formula is C21H26N2O4. The first-order chi connectivity index (χ1) is 13.0. The van der Waals surface area contributed by atoms with Crippen molar-refractivity contribution >= 4 is 22.6 Å². The average molecular weight is 370 g/mol. The lowest BCUT2D eigenvalue weighted by Crippen LogP contribution is -2.47. The molecule has 0 aliphatic carbocycles. The van der Waals surface area contributed by atoms with E-state index in [0.29, 0.717) is 19.7 Å². The van der Waals surface area contributed by atoms with Crippen LogP contribution in [0.4, 0.5) is 0 Å². The van der Waals surface area contributed by atoms with E-state index in [1.54, 1.807) is 25.9 Å². The number of morpholine rings is 1. The number of carbonyl (C=O) groups excluding carboxylic acids is 2. The summed E-state index contributed by atoms with van der Waals surface area (Å²) in [6.07, 6.45) is -0.171. The first-order valence-electron chi connectivity index (χ1n) is 9.22. The number of hydrogen-bond donors (Lipinski definition) is 1. The van der Waals surface area contributed by atoms with Gasteiger partial charge >= 0.3 is 0 Å². The molecule has 1 saturated heterocycles. The molecule has 1 N–H and O–H groups in total. The molecule has 144 valence electrons. The fraction of sp³-hybridized carbons (Fsp3) is 0.429. The molecule has 0 spiro atoms. The van der Waals surface area contributed by atoms with Crippen LogP contribution >= 0.6 is 0 Å². The molecule has 1 fully saturated rings. The van der Waals surface area contributed by atoms with Gasteiger partial charge in [0, 0.05) is 12.5 Å². The summed E-state index contributed by atoms with van der Waals surface area (Å²) in [5.74, 6) is 0.497. The molecule has 1 aliphatic heterocycles. The standard InChI is InChI=1S/C21H26N2O4/c1-14(2)21(25)22-12-20(24)23-8-9-27-19(13-23)17-5-4-16-11-18(26-3)7-6-15(16)10-17/h4-7,10-11,14,19H,8-9,12-13H2,1-3H3,(H,22,25)/t19-/m1/s1. The van der Waals surface area contributed by atoms with Crippen molar-refractivity contribution in [3.63, 3.8) is 0 Å². The number of nitrogens with zero attached hydrogens (tertiary/aromatic N) is 1. The summed E-state index contributed by atoms with van der Waals surface area (Å²) in [6.45, 7) is 5.14. The number of amides is 2. The number of fused-ring (bicyclic) bond motifs is 1. The van der Waals surface area contributed by atoms with Crippen LogP contribution in [0.5, 0.6) is 5.75 Å². The average Bonchev–Trinajstić information content (AvgIpc) is 2.70. The van der Waals surface area contributed by atoms with Gasteiger partial charge in [0.1, 0.15) is 11.9 Å². The van der Waals surface area contributed by atoms with Gasteiger partial charge in [-0.25, -0.2) is 0 Å². The predicted octanol–water partition coefficient (Wildman–Crippen LogP) is 2.52. The molecule has 0 radical (unpaired) electrons. The number of nitrogens with one attached hydrogen (secondary N) is 1. The first kappa shape index (κ1) is 19.2. The minimum Gasteiger partial charge on any atom is -0.497 e. The summed E-state index contributed by atoms with van der Waals surface area (Å²) in [4.78, 5) is 25.9. The van der Waals surface area contributed by atoms with E-state index in [1.165, 1.54) is 0 Å². The molecule has 2 aromatic carbocycles. The van der Waals surface area contributed by atoms with Crippen molar-refractivity contribution in [2.75, 3.05) is 33.4 Å². The second kappa shape index (κ2) is 8.39. The smallest absolute Gasteiger partial charge is 0.242 e. The summed E-state index contributed by atoms with van der Waals surface area (Å²) in [5.41, 5.74) is 1.04. The number of hydrogen-bond acceptors (Lipinski definition) is 4. The summed E-state index contributed by atoms with van der Waals surface area (Å²) < 4.78 is 11.2. The quantitative estimate of drug-likeness (QED) is 0.878. The van der Waals surface area contributed by atoms with Crippen molar-refractivity contribution in [1.29, 1.82) is 0 Å². The highest BCUT2D eigenvalue weighted by atomic mass is 16.5. The van der Waals surface area contributed by atoms with E-state index >= 15 is 0 Å². The lowest BCUT2D eigenvalue weighted by atomic mass is 10.0. The van der Waals surface area contributed by atoms with E-state index in [4.69, 9.17) is 9.47 Å². The highest BCUT2D eigenvalue weighted by molar-refractivity contribution is 5.86. The van der Waals surface area contributed by atoms with Gasteiger partial charge in [-0.1, -0.05) is 32.0 Å². The van der Waals surface area contributed by atoms with E-state index in [2.05, 4.69) is 11.4 Å². The topological polar surface area (TPSA) is 67.9 Å². The molecule has 1 heterocycles. The highest BCUT2D eigenvalue weighted by Crippen LogP contribution is 2.27. The Hall–Kier alpha value is -2.60. The van der Waals surface area contributed by atoms with Crippen molar-refractivity contribution < 1.29 is 19.1 Å². The van der Waals surface area contributed by atoms with Crippen LogP contribution in [0, 0.1) is 5.92 Å². The van der Waals surface area contributed by atoms with Crippen molar-refractivity contribution in [3.8, 4) is 5.75 Å². The molecule has 27 heavy (non-hydrogen) atoms. The van der Waals surface area contributed by atoms with Crippen molar-refractivity contribution in [3.05, 3.63) is 42.0 Å². The Labute approximate surface area is 159 Å². The first-order valence-corrected chi connectivity index (χ1v) is 9.22. The van der Waals surface area contributed by atoms with Crippen LogP contribution in [0.2, 0.25) is 0 Å². The van der Waals surface area contributed by atoms with Crippen molar-refractivity contribution in [2.24, 2.45) is 5.92 Å². The van der Waals surface area contributed by atoms with Gasteiger partial charge in [-0.05, 0) is 34.5 Å². The van der Waals surface area contributed by atoms with Crippen LogP contribution in [-0.2, 0) is 14.3 Å². The molecule has 0 saturated carbocycles. The van der Waals surface area contributed by atoms with E-state index in [0.717, 1.165) is 22.1 Å². The molecule has 0 unspecified atom stereocenters. The zero-order chi connectivity index (χ0) is 19.4. The molecular weight excluding hydrogens is 344 g/mol. The third kappa shape index (κ3) is 4.57. The Balaban J connectivity index is 1.67. The Bertz CT molecular complexity index is 834. The van der Waals surface area contributed by atoms with Crippen molar-refractivity contribution in [2.45, 2.75) is 20.0 Å². The predicted molar refractivity (Wildman–Crippen MR) is 104 cm³/mol. The zero-order valence-electron chi connectivity index (χ0n) is 16.0. The van der Waals surface area contributed by atoms with E-state index in [-0.39, 0.29) is 30.4 Å². The number of ether oxygens (including phenoxy) is 2. The Morgan fingerprint density at radius 3 is 2.70 bits per heavy atom. The van der Waals surface area contributed by atoms with Gasteiger partial charge in [0.2, 0.25) is 11.8 Å². The Morgan fingerprint density at radius 1 is 1.22 bits per heavy atom. The second-order valence-electron chi connectivity index (χ2n) is 7.04. The lowest BCUT2D eigenvalue weighted by molar-refractivity contribution is -0.139. The van der Waals surface area contributed by atoms with Crippen LogP contribution in [0.1, 0.15) is 25.5 Å². The van der Waals surface area contributed by atoms with Crippen LogP contribution in [-0.4, -0.2) is 50.1 Å². The minimum atomic E-state index is -0.171. The molecule has 1 atom stereocenters. The molecule has 0 bridgehead atoms. The van der Waals surface area contributed by atoms with E-state index in [1.807, 2.05) is 30.3 Å². The third-order valence-electron chi connectivity index (χ3n) is 4.80. The van der Waals surface area contributed by atoms with Crippen LogP contribution in [0.25, 0.3) is 10.8 Å². The number of benzene rings is 2. The van der Waals surface area contributed by atoms with Crippen molar-refractivity contribution in [1.82, 2.24) is 10.2 Å². The summed E-state index contributed by atoms with van der Waals surface area (Å²) in [5, 5.41) is 4.88. The van der Waals surface area contributed by atoms with Gasteiger partial charge in [0.05, 0.1) is 26.8 Å².